The summed E-state index contributed by atoms with van der Waals surface area (Å²) < 4.78 is 45.5. The zero-order valence-corrected chi connectivity index (χ0v) is 19.7. The van der Waals surface area contributed by atoms with Crippen molar-refractivity contribution in [2.75, 3.05) is 11.5 Å². The van der Waals surface area contributed by atoms with E-state index in [2.05, 4.69) is 10.3 Å². The highest BCUT2D eigenvalue weighted by Gasteiger charge is 2.38. The lowest BCUT2D eigenvalue weighted by Crippen LogP contribution is -2.48. The van der Waals surface area contributed by atoms with Crippen LogP contribution in [0.15, 0.2) is 84.2 Å². The molecule has 0 fully saturated rings. The summed E-state index contributed by atoms with van der Waals surface area (Å²) in [5, 5.41) is 11.8. The lowest BCUT2D eigenvalue weighted by Gasteiger charge is -2.35. The monoisotopic (exact) mass is 507 g/mol. The number of hydrogen-bond acceptors (Lipinski definition) is 4. The van der Waals surface area contributed by atoms with Gasteiger partial charge >= 0.3 is 18.2 Å². The van der Waals surface area contributed by atoms with Crippen LogP contribution >= 0.6 is 0 Å². The van der Waals surface area contributed by atoms with Gasteiger partial charge in [0.15, 0.2) is 11.9 Å². The Labute approximate surface area is 210 Å². The van der Waals surface area contributed by atoms with Crippen molar-refractivity contribution in [3.8, 4) is 6.07 Å². The molecule has 3 aromatic rings. The van der Waals surface area contributed by atoms with Gasteiger partial charge in [-0.15, -0.1) is 0 Å². The molecular weight excluding hydrogens is 485 g/mol. The van der Waals surface area contributed by atoms with Gasteiger partial charge in [-0.05, 0) is 42.8 Å². The molecule has 2 aromatic carbocycles. The van der Waals surface area contributed by atoms with Crippen molar-refractivity contribution in [1.29, 1.82) is 5.26 Å². The average molecular weight is 507 g/mol. The first-order valence-electron chi connectivity index (χ1n) is 11.3. The number of nitrogens with zero attached hydrogens (tertiary/aromatic N) is 2. The maximum Gasteiger partial charge on any atom is 0.416 e. The minimum Gasteiger partial charge on any atom is -0.462 e. The van der Waals surface area contributed by atoms with E-state index in [-0.39, 0.29) is 23.6 Å². The summed E-state index contributed by atoms with van der Waals surface area (Å²) in [7, 11) is 0. The van der Waals surface area contributed by atoms with Crippen LogP contribution < -0.4 is 15.2 Å². The first-order valence-corrected chi connectivity index (χ1v) is 11.3. The number of aromatic nitrogens is 1. The third kappa shape index (κ3) is 5.62. The number of halogens is 3. The van der Waals surface area contributed by atoms with E-state index in [1.54, 1.807) is 30.5 Å². The maximum absolute atomic E-state index is 13.3. The number of urea groups is 1. The Morgan fingerprint density at radius 1 is 1.14 bits per heavy atom. The standard InChI is InChI=1S/C27H21F3N4O3/c1-17-23(25(35)37-14-12-21-6-2-3-13-32-21)24(19-10-8-18(16-31)9-11-19)33-26(36)34(17)22-7-4-5-20(15-22)27(28,29)30/h2-11,13,15,24H,12,14H2,1H3,(H,33,36)/p+1. The topological polar surface area (TPSA) is 96.6 Å². The normalized spacial score (nSPS) is 15.7. The molecule has 1 aromatic heterocycles. The Bertz CT molecular complexity index is 1380. The SMILES string of the molecule is CC1=C(C(=O)OCCc2cccc[nH+]2)C(c2ccc(C#N)cc2)NC(=O)N1c1cccc(C(F)(F)F)c1. The lowest BCUT2D eigenvalue weighted by atomic mass is 9.94. The molecule has 1 unspecified atom stereocenters. The molecule has 2 N–H and O–H groups in total. The molecule has 2 amide bonds. The Morgan fingerprint density at radius 2 is 1.89 bits per heavy atom. The summed E-state index contributed by atoms with van der Waals surface area (Å²) >= 11 is 0. The largest absolute Gasteiger partial charge is 0.462 e. The summed E-state index contributed by atoms with van der Waals surface area (Å²) in [5.41, 5.74) is 0.967. The molecule has 0 saturated heterocycles. The molecule has 4 rings (SSSR count). The van der Waals surface area contributed by atoms with E-state index in [9.17, 15) is 22.8 Å². The second kappa shape index (κ2) is 10.5. The van der Waals surface area contributed by atoms with Crippen molar-refractivity contribution < 1.29 is 32.5 Å². The highest BCUT2D eigenvalue weighted by atomic mass is 19.4. The molecule has 0 aliphatic carbocycles. The Kier molecular flexibility index (Phi) is 7.25. The lowest BCUT2D eigenvalue weighted by molar-refractivity contribution is -0.390. The predicted octanol–water partition coefficient (Wildman–Crippen LogP) is 4.72. The van der Waals surface area contributed by atoms with Crippen molar-refractivity contribution in [2.24, 2.45) is 0 Å². The second-order valence-corrected chi connectivity index (χ2v) is 8.27. The van der Waals surface area contributed by atoms with Gasteiger partial charge in [-0.25, -0.2) is 14.6 Å². The second-order valence-electron chi connectivity index (χ2n) is 8.27. The number of amides is 2. The molecule has 188 valence electrons. The van der Waals surface area contributed by atoms with Gasteiger partial charge in [0.1, 0.15) is 6.61 Å². The fourth-order valence-electron chi connectivity index (χ4n) is 4.06. The molecule has 7 nitrogen and oxygen atoms in total. The van der Waals surface area contributed by atoms with Crippen molar-refractivity contribution >= 4 is 17.7 Å². The number of nitrogens with one attached hydrogen (secondary N) is 2. The molecule has 0 spiro atoms. The fourth-order valence-corrected chi connectivity index (χ4v) is 4.06. The summed E-state index contributed by atoms with van der Waals surface area (Å²) in [4.78, 5) is 30.5. The predicted molar refractivity (Wildman–Crippen MR) is 127 cm³/mol. The summed E-state index contributed by atoms with van der Waals surface area (Å²) in [6.45, 7) is 1.52. The van der Waals surface area contributed by atoms with Crippen molar-refractivity contribution in [3.63, 3.8) is 0 Å². The summed E-state index contributed by atoms with van der Waals surface area (Å²) in [6, 6.07) is 16.5. The van der Waals surface area contributed by atoms with E-state index in [1.807, 2.05) is 24.3 Å². The highest BCUT2D eigenvalue weighted by molar-refractivity contribution is 6.03. The van der Waals surface area contributed by atoms with Crippen LogP contribution in [0.25, 0.3) is 0 Å². The minimum absolute atomic E-state index is 0.0354. The number of benzene rings is 2. The van der Waals surface area contributed by atoms with Gasteiger partial charge < -0.3 is 10.1 Å². The number of carbonyl (C=O) groups is 2. The summed E-state index contributed by atoms with van der Waals surface area (Å²) in [6.07, 6.45) is -2.46. The Morgan fingerprint density at radius 3 is 2.54 bits per heavy atom. The number of pyridine rings is 1. The number of carbonyl (C=O) groups excluding carboxylic acids is 2. The number of esters is 1. The molecule has 1 aliphatic rings. The van der Waals surface area contributed by atoms with Crippen LogP contribution in [0.4, 0.5) is 23.7 Å². The highest BCUT2D eigenvalue weighted by Crippen LogP contribution is 2.37. The average Bonchev–Trinajstić information content (AvgIpc) is 2.88. The zero-order valence-electron chi connectivity index (χ0n) is 19.7. The van der Waals surface area contributed by atoms with Crippen LogP contribution in [0, 0.1) is 11.3 Å². The van der Waals surface area contributed by atoms with Gasteiger partial charge in [0.25, 0.3) is 0 Å². The molecule has 0 radical (unpaired) electrons. The van der Waals surface area contributed by atoms with E-state index in [4.69, 9.17) is 10.00 Å². The van der Waals surface area contributed by atoms with Crippen LogP contribution in [0.2, 0.25) is 0 Å². The molecule has 1 aliphatic heterocycles. The van der Waals surface area contributed by atoms with Crippen LogP contribution in [0.1, 0.15) is 35.3 Å². The molecule has 2 heterocycles. The van der Waals surface area contributed by atoms with Crippen molar-refractivity contribution in [1.82, 2.24) is 5.32 Å². The number of rotatable bonds is 6. The molecule has 10 heteroatoms. The molecular formula is C27H22F3N4O3+. The van der Waals surface area contributed by atoms with E-state index < -0.39 is 29.8 Å². The van der Waals surface area contributed by atoms with Gasteiger partial charge in [-0.1, -0.05) is 24.3 Å². The van der Waals surface area contributed by atoms with Crippen LogP contribution in [0.5, 0.6) is 0 Å². The molecule has 37 heavy (non-hydrogen) atoms. The van der Waals surface area contributed by atoms with Crippen molar-refractivity contribution in [3.05, 3.63) is 107 Å². The number of hydrogen-bond donors (Lipinski definition) is 1. The van der Waals surface area contributed by atoms with Gasteiger partial charge in [0.05, 0.1) is 40.9 Å². The van der Waals surface area contributed by atoms with Crippen LogP contribution in [-0.2, 0) is 22.1 Å². The number of ether oxygens (including phenoxy) is 1. The first-order chi connectivity index (χ1) is 17.7. The van der Waals surface area contributed by atoms with E-state index >= 15 is 0 Å². The Balaban J connectivity index is 1.71. The van der Waals surface area contributed by atoms with Crippen LogP contribution in [-0.4, -0.2) is 18.6 Å². The van der Waals surface area contributed by atoms with E-state index in [1.165, 1.54) is 19.1 Å². The van der Waals surface area contributed by atoms with E-state index in [0.717, 1.165) is 22.7 Å². The van der Waals surface area contributed by atoms with Gasteiger partial charge in [0, 0.05) is 17.8 Å². The first kappa shape index (κ1) is 25.4. The van der Waals surface area contributed by atoms with Crippen LogP contribution in [0.3, 0.4) is 0 Å². The van der Waals surface area contributed by atoms with Gasteiger partial charge in [0.2, 0.25) is 0 Å². The van der Waals surface area contributed by atoms with E-state index in [0.29, 0.717) is 17.5 Å². The number of alkyl halides is 3. The number of aromatic amines is 1. The number of H-pyrrole nitrogens is 1. The quantitative estimate of drug-likeness (QED) is 0.488. The zero-order chi connectivity index (χ0) is 26.6. The Hall–Kier alpha value is -4.65. The molecule has 1 atom stereocenters. The van der Waals surface area contributed by atoms with Gasteiger partial charge in [-0.3, -0.25) is 4.90 Å². The number of allylic oxidation sites excluding steroid dienone is 1. The third-order valence-corrected chi connectivity index (χ3v) is 5.89. The fraction of sp³-hybridized carbons (Fsp3) is 0.185. The summed E-state index contributed by atoms with van der Waals surface area (Å²) in [5.74, 6) is -0.722. The third-order valence-electron chi connectivity index (χ3n) is 5.89. The molecule has 0 saturated carbocycles. The molecule has 0 bridgehead atoms. The number of nitriles is 1. The van der Waals surface area contributed by atoms with Gasteiger partial charge in [-0.2, -0.15) is 18.4 Å². The maximum atomic E-state index is 13.3. The van der Waals surface area contributed by atoms with Crippen molar-refractivity contribution in [2.45, 2.75) is 25.6 Å². The minimum atomic E-state index is -4.61. The number of anilines is 1. The smallest absolute Gasteiger partial charge is 0.416 e.